The molecule has 1 N–H and O–H groups in total. The zero-order valence-corrected chi connectivity index (χ0v) is 15.9. The average molecular weight is 378 g/mol. The van der Waals surface area contributed by atoms with Gasteiger partial charge in [-0.3, -0.25) is 9.10 Å². The highest BCUT2D eigenvalue weighted by Gasteiger charge is 2.22. The number of rotatable bonds is 7. The summed E-state index contributed by atoms with van der Waals surface area (Å²) >= 11 is 0. The number of hydrogen-bond donors (Lipinski definition) is 1. The van der Waals surface area contributed by atoms with Crippen LogP contribution in [-0.4, -0.2) is 27.1 Å². The van der Waals surface area contributed by atoms with Crippen LogP contribution in [-0.2, 0) is 14.8 Å². The number of nitrogens with one attached hydrogen (secondary N) is 1. The molecule has 0 fully saturated rings. The SMILES string of the molecule is CC[C@H](NC(=O)CN(c1cccc(F)c1)S(C)(=O)=O)c1ccc(C)cc1. The van der Waals surface area contributed by atoms with Crippen molar-refractivity contribution in [3.05, 3.63) is 65.5 Å². The summed E-state index contributed by atoms with van der Waals surface area (Å²) in [6.45, 7) is 3.50. The number of anilines is 1. The lowest BCUT2D eigenvalue weighted by Crippen LogP contribution is -2.41. The highest BCUT2D eigenvalue weighted by atomic mass is 32.2. The molecule has 1 atom stereocenters. The van der Waals surface area contributed by atoms with Crippen LogP contribution in [0.5, 0.6) is 0 Å². The van der Waals surface area contributed by atoms with E-state index in [4.69, 9.17) is 0 Å². The van der Waals surface area contributed by atoms with Crippen LogP contribution in [0.25, 0.3) is 0 Å². The molecule has 0 aliphatic heterocycles. The van der Waals surface area contributed by atoms with Crippen LogP contribution in [0.15, 0.2) is 48.5 Å². The fourth-order valence-electron chi connectivity index (χ4n) is 2.62. The van der Waals surface area contributed by atoms with E-state index in [2.05, 4.69) is 5.32 Å². The van der Waals surface area contributed by atoms with Gasteiger partial charge in [0.15, 0.2) is 0 Å². The second kappa shape index (κ2) is 8.31. The quantitative estimate of drug-likeness (QED) is 0.805. The fraction of sp³-hybridized carbons (Fsp3) is 0.316. The van der Waals surface area contributed by atoms with E-state index < -0.39 is 28.3 Å². The minimum Gasteiger partial charge on any atom is -0.348 e. The molecule has 0 aromatic heterocycles. The summed E-state index contributed by atoms with van der Waals surface area (Å²) in [5.41, 5.74) is 2.18. The third-order valence-electron chi connectivity index (χ3n) is 4.01. The van der Waals surface area contributed by atoms with E-state index in [1.54, 1.807) is 0 Å². The van der Waals surface area contributed by atoms with Crippen molar-refractivity contribution < 1.29 is 17.6 Å². The average Bonchev–Trinajstić information content (AvgIpc) is 2.57. The number of aryl methyl sites for hydroxylation is 1. The molecule has 0 spiro atoms. The predicted molar refractivity (Wildman–Crippen MR) is 101 cm³/mol. The molecule has 0 saturated carbocycles. The zero-order valence-electron chi connectivity index (χ0n) is 15.1. The van der Waals surface area contributed by atoms with Gasteiger partial charge >= 0.3 is 0 Å². The van der Waals surface area contributed by atoms with Crippen molar-refractivity contribution in [2.45, 2.75) is 26.3 Å². The molecule has 140 valence electrons. The standard InChI is InChI=1S/C19H23FN2O3S/c1-4-18(15-10-8-14(2)9-11-15)21-19(23)13-22(26(3,24)25)17-7-5-6-16(20)12-17/h5-12,18H,4,13H2,1-3H3,(H,21,23)/t18-/m0/s1. The lowest BCUT2D eigenvalue weighted by atomic mass is 10.0. The van der Waals surface area contributed by atoms with Crippen LogP contribution >= 0.6 is 0 Å². The normalized spacial score (nSPS) is 12.5. The third kappa shape index (κ3) is 5.29. The van der Waals surface area contributed by atoms with Gasteiger partial charge in [0.25, 0.3) is 0 Å². The first kappa shape index (κ1) is 19.9. The van der Waals surface area contributed by atoms with Gasteiger partial charge in [-0.25, -0.2) is 12.8 Å². The van der Waals surface area contributed by atoms with Crippen molar-refractivity contribution in [3.8, 4) is 0 Å². The van der Waals surface area contributed by atoms with Gasteiger partial charge in [0.1, 0.15) is 12.4 Å². The molecule has 0 heterocycles. The molecule has 26 heavy (non-hydrogen) atoms. The summed E-state index contributed by atoms with van der Waals surface area (Å²) in [4.78, 5) is 12.5. The molecule has 0 bridgehead atoms. The Bertz CT molecular complexity index is 867. The number of carbonyl (C=O) groups excluding carboxylic acids is 1. The van der Waals surface area contributed by atoms with Crippen LogP contribution < -0.4 is 9.62 Å². The third-order valence-corrected chi connectivity index (χ3v) is 5.15. The van der Waals surface area contributed by atoms with E-state index in [0.717, 1.165) is 27.8 Å². The Morgan fingerprint density at radius 1 is 1.19 bits per heavy atom. The van der Waals surface area contributed by atoms with Crippen molar-refractivity contribution in [3.63, 3.8) is 0 Å². The number of sulfonamides is 1. The van der Waals surface area contributed by atoms with E-state index in [9.17, 15) is 17.6 Å². The van der Waals surface area contributed by atoms with E-state index in [-0.39, 0.29) is 11.7 Å². The van der Waals surface area contributed by atoms with Gasteiger partial charge < -0.3 is 5.32 Å². The minimum absolute atomic E-state index is 0.117. The Labute approximate surface area is 153 Å². The predicted octanol–water partition coefficient (Wildman–Crippen LogP) is 3.17. The van der Waals surface area contributed by atoms with Crippen LogP contribution in [0.4, 0.5) is 10.1 Å². The van der Waals surface area contributed by atoms with Crippen LogP contribution in [0.2, 0.25) is 0 Å². The molecule has 0 aliphatic carbocycles. The Morgan fingerprint density at radius 3 is 2.38 bits per heavy atom. The van der Waals surface area contributed by atoms with Gasteiger partial charge in [-0.2, -0.15) is 0 Å². The number of carbonyl (C=O) groups is 1. The Morgan fingerprint density at radius 2 is 1.85 bits per heavy atom. The smallest absolute Gasteiger partial charge is 0.241 e. The molecule has 0 radical (unpaired) electrons. The molecule has 2 aromatic carbocycles. The maximum absolute atomic E-state index is 13.4. The van der Waals surface area contributed by atoms with Crippen LogP contribution in [0.1, 0.15) is 30.5 Å². The van der Waals surface area contributed by atoms with Gasteiger partial charge in [-0.15, -0.1) is 0 Å². The molecular formula is C19H23FN2O3S. The van der Waals surface area contributed by atoms with Crippen molar-refractivity contribution in [2.24, 2.45) is 0 Å². The zero-order chi connectivity index (χ0) is 19.3. The van der Waals surface area contributed by atoms with E-state index in [1.165, 1.54) is 18.2 Å². The lowest BCUT2D eigenvalue weighted by molar-refractivity contribution is -0.120. The molecule has 7 heteroatoms. The van der Waals surface area contributed by atoms with Gasteiger partial charge in [-0.05, 0) is 37.1 Å². The van der Waals surface area contributed by atoms with Crippen molar-refractivity contribution >= 4 is 21.6 Å². The Hall–Kier alpha value is -2.41. The van der Waals surface area contributed by atoms with Crippen molar-refractivity contribution in [1.29, 1.82) is 0 Å². The maximum atomic E-state index is 13.4. The maximum Gasteiger partial charge on any atom is 0.241 e. The van der Waals surface area contributed by atoms with Gasteiger partial charge in [0.05, 0.1) is 18.0 Å². The summed E-state index contributed by atoms with van der Waals surface area (Å²) in [6, 6.07) is 12.7. The topological polar surface area (TPSA) is 66.5 Å². The Kier molecular flexibility index (Phi) is 6.37. The van der Waals surface area contributed by atoms with Gasteiger partial charge in [0.2, 0.25) is 15.9 Å². The monoisotopic (exact) mass is 378 g/mol. The summed E-state index contributed by atoms with van der Waals surface area (Å²) in [7, 11) is -3.74. The van der Waals surface area contributed by atoms with E-state index in [0.29, 0.717) is 6.42 Å². The highest BCUT2D eigenvalue weighted by Crippen LogP contribution is 2.20. The molecule has 1 amide bonds. The lowest BCUT2D eigenvalue weighted by Gasteiger charge is -2.24. The molecule has 2 rings (SSSR count). The second-order valence-corrected chi connectivity index (χ2v) is 8.10. The summed E-state index contributed by atoms with van der Waals surface area (Å²) < 4.78 is 38.5. The number of hydrogen-bond acceptors (Lipinski definition) is 3. The number of amides is 1. The van der Waals surface area contributed by atoms with E-state index in [1.807, 2.05) is 38.1 Å². The summed E-state index contributed by atoms with van der Waals surface area (Å²) in [5, 5.41) is 2.85. The van der Waals surface area contributed by atoms with E-state index >= 15 is 0 Å². The highest BCUT2D eigenvalue weighted by molar-refractivity contribution is 7.92. The van der Waals surface area contributed by atoms with Crippen LogP contribution in [0.3, 0.4) is 0 Å². The van der Waals surface area contributed by atoms with Gasteiger partial charge in [0, 0.05) is 0 Å². The molecular weight excluding hydrogens is 355 g/mol. The molecule has 0 saturated heterocycles. The molecule has 5 nitrogen and oxygen atoms in total. The van der Waals surface area contributed by atoms with Crippen molar-refractivity contribution in [1.82, 2.24) is 5.32 Å². The number of halogens is 1. The molecule has 2 aromatic rings. The first-order valence-corrected chi connectivity index (χ1v) is 10.1. The number of nitrogens with zero attached hydrogens (tertiary/aromatic N) is 1. The Balaban J connectivity index is 2.17. The van der Waals surface area contributed by atoms with Crippen molar-refractivity contribution in [2.75, 3.05) is 17.1 Å². The summed E-state index contributed by atoms with van der Waals surface area (Å²) in [6.07, 6.45) is 1.65. The first-order valence-electron chi connectivity index (χ1n) is 8.30. The minimum atomic E-state index is -3.74. The first-order chi connectivity index (χ1) is 12.2. The fourth-order valence-corrected chi connectivity index (χ4v) is 3.47. The second-order valence-electron chi connectivity index (χ2n) is 6.19. The largest absolute Gasteiger partial charge is 0.348 e. The summed E-state index contributed by atoms with van der Waals surface area (Å²) in [5.74, 6) is -1.02. The van der Waals surface area contributed by atoms with Crippen LogP contribution in [0, 0.1) is 12.7 Å². The molecule has 0 unspecified atom stereocenters. The molecule has 0 aliphatic rings. The number of benzene rings is 2. The van der Waals surface area contributed by atoms with Gasteiger partial charge in [-0.1, -0.05) is 42.8 Å².